The van der Waals surface area contributed by atoms with Gasteiger partial charge in [-0.25, -0.2) is 13.2 Å². The Balaban J connectivity index is 1.45. The zero-order chi connectivity index (χ0) is 19.7. The van der Waals surface area contributed by atoms with Gasteiger partial charge in [0.25, 0.3) is 0 Å². The summed E-state index contributed by atoms with van der Waals surface area (Å²) in [5.41, 5.74) is 3.41. The van der Waals surface area contributed by atoms with Gasteiger partial charge >= 0.3 is 0 Å². The second-order valence-electron chi connectivity index (χ2n) is 10.0. The number of rotatable bonds is 1. The van der Waals surface area contributed by atoms with E-state index in [9.17, 15) is 13.2 Å². The molecule has 0 spiro atoms. The van der Waals surface area contributed by atoms with Crippen LogP contribution in [0.15, 0.2) is 36.2 Å². The highest BCUT2D eigenvalue weighted by Gasteiger charge is 2.58. The Morgan fingerprint density at radius 2 is 1.82 bits per heavy atom. The molecule has 0 N–H and O–H groups in total. The number of alkyl halides is 2. The number of fused-ring (bicyclic) bond motifs is 5. The molecule has 0 aromatic carbocycles. The molecular weight excluding hydrogens is 359 g/mol. The molecule has 5 atom stereocenters. The lowest BCUT2D eigenvalue weighted by molar-refractivity contribution is -0.139. The lowest BCUT2D eigenvalue weighted by Crippen LogP contribution is -2.52. The van der Waals surface area contributed by atoms with E-state index < -0.39 is 5.92 Å². The van der Waals surface area contributed by atoms with E-state index in [1.807, 2.05) is 0 Å². The molecule has 4 aliphatic carbocycles. The fraction of sp³-hybridized carbons (Fsp3) is 0.625. The van der Waals surface area contributed by atoms with Crippen LogP contribution in [0, 0.1) is 34.4 Å². The normalized spacial score (nSPS) is 41.4. The average molecular weight is 387 g/mol. The predicted octanol–water partition coefficient (Wildman–Crippen LogP) is 6.81. The summed E-state index contributed by atoms with van der Waals surface area (Å²) in [5, 5.41) is 0. The summed E-state index contributed by atoms with van der Waals surface area (Å²) in [6.07, 6.45) is 12.1. The van der Waals surface area contributed by atoms with Gasteiger partial charge in [-0.15, -0.1) is 0 Å². The number of nitrogens with zero attached hydrogens (tertiary/aromatic N) is 1. The van der Waals surface area contributed by atoms with Crippen molar-refractivity contribution in [2.24, 2.45) is 28.6 Å². The summed E-state index contributed by atoms with van der Waals surface area (Å²) >= 11 is 0. The first-order chi connectivity index (χ1) is 13.2. The van der Waals surface area contributed by atoms with Crippen LogP contribution in [0.1, 0.15) is 64.4 Å². The molecule has 150 valence electrons. The van der Waals surface area contributed by atoms with E-state index in [1.54, 1.807) is 12.3 Å². The Kier molecular flexibility index (Phi) is 3.93. The molecule has 1 aromatic rings. The number of pyridine rings is 1. The number of allylic oxidation sites excluding steroid dienone is 4. The van der Waals surface area contributed by atoms with E-state index >= 15 is 0 Å². The molecule has 1 heterocycles. The molecule has 0 aliphatic heterocycles. The largest absolute Gasteiger partial charge is 0.261 e. The van der Waals surface area contributed by atoms with Crippen LogP contribution in [0.3, 0.4) is 0 Å². The van der Waals surface area contributed by atoms with Gasteiger partial charge < -0.3 is 0 Å². The quantitative estimate of drug-likeness (QED) is 0.516. The molecule has 5 unspecified atom stereocenters. The van der Waals surface area contributed by atoms with Crippen LogP contribution in [-0.2, 0) is 0 Å². The van der Waals surface area contributed by atoms with Crippen molar-refractivity contribution in [3.05, 3.63) is 47.6 Å². The van der Waals surface area contributed by atoms with Crippen molar-refractivity contribution >= 4 is 5.57 Å². The van der Waals surface area contributed by atoms with Crippen LogP contribution < -0.4 is 0 Å². The summed E-state index contributed by atoms with van der Waals surface area (Å²) in [6.45, 7) is 4.56. The van der Waals surface area contributed by atoms with Crippen molar-refractivity contribution in [2.45, 2.75) is 64.7 Å². The monoisotopic (exact) mass is 387 g/mol. The molecule has 4 aliphatic rings. The summed E-state index contributed by atoms with van der Waals surface area (Å²) in [6, 6.07) is 1.58. The van der Waals surface area contributed by atoms with Crippen molar-refractivity contribution in [3.63, 3.8) is 0 Å². The van der Waals surface area contributed by atoms with Gasteiger partial charge in [-0.3, -0.25) is 4.98 Å². The maximum absolute atomic E-state index is 14.1. The summed E-state index contributed by atoms with van der Waals surface area (Å²) < 4.78 is 41.9. The Hall–Kier alpha value is -1.58. The summed E-state index contributed by atoms with van der Waals surface area (Å²) in [7, 11) is 0. The van der Waals surface area contributed by atoms with Crippen molar-refractivity contribution in [1.82, 2.24) is 4.98 Å². The third-order valence-electron chi connectivity index (χ3n) is 8.70. The van der Waals surface area contributed by atoms with Crippen LogP contribution in [0.5, 0.6) is 0 Å². The molecule has 0 amide bonds. The van der Waals surface area contributed by atoms with E-state index in [0.29, 0.717) is 18.3 Å². The molecule has 1 aromatic heterocycles. The Labute approximate surface area is 165 Å². The summed E-state index contributed by atoms with van der Waals surface area (Å²) in [4.78, 5) is 4.05. The van der Waals surface area contributed by atoms with Gasteiger partial charge in [0.05, 0.1) is 6.20 Å². The second kappa shape index (κ2) is 5.96. The Bertz CT molecular complexity index is 872. The molecule has 3 saturated carbocycles. The molecule has 0 saturated heterocycles. The molecule has 5 rings (SSSR count). The maximum atomic E-state index is 14.1. The van der Waals surface area contributed by atoms with Crippen LogP contribution in [0.4, 0.5) is 13.2 Å². The van der Waals surface area contributed by atoms with Crippen molar-refractivity contribution in [3.8, 4) is 0 Å². The third-order valence-corrected chi connectivity index (χ3v) is 8.70. The molecule has 4 heteroatoms. The van der Waals surface area contributed by atoms with Gasteiger partial charge in [0.15, 0.2) is 0 Å². The van der Waals surface area contributed by atoms with E-state index in [4.69, 9.17) is 0 Å². The maximum Gasteiger partial charge on any atom is 0.248 e. The van der Waals surface area contributed by atoms with Crippen LogP contribution >= 0.6 is 0 Å². The number of hydrogen-bond donors (Lipinski definition) is 0. The molecule has 0 bridgehead atoms. The Morgan fingerprint density at radius 3 is 2.61 bits per heavy atom. The Morgan fingerprint density at radius 1 is 1.00 bits per heavy atom. The predicted molar refractivity (Wildman–Crippen MR) is 104 cm³/mol. The fourth-order valence-corrected chi connectivity index (χ4v) is 7.14. The highest BCUT2D eigenvalue weighted by molar-refractivity contribution is 5.78. The average Bonchev–Trinajstić information content (AvgIpc) is 2.99. The molecule has 0 radical (unpaired) electrons. The molecule has 1 nitrogen and oxygen atoms in total. The second-order valence-corrected chi connectivity index (χ2v) is 10.0. The van der Waals surface area contributed by atoms with Crippen LogP contribution in [0.2, 0.25) is 0 Å². The van der Waals surface area contributed by atoms with Crippen molar-refractivity contribution in [2.75, 3.05) is 0 Å². The molecular formula is C24H28F3N. The first-order valence-electron chi connectivity index (χ1n) is 10.6. The minimum absolute atomic E-state index is 0.0237. The van der Waals surface area contributed by atoms with Crippen LogP contribution in [0.25, 0.3) is 5.57 Å². The van der Waals surface area contributed by atoms with E-state index in [2.05, 4.69) is 31.0 Å². The number of hydrogen-bond acceptors (Lipinski definition) is 1. The highest BCUT2D eigenvalue weighted by atomic mass is 19.3. The summed E-state index contributed by atoms with van der Waals surface area (Å²) in [5.74, 6) is -1.70. The minimum Gasteiger partial charge on any atom is -0.261 e. The van der Waals surface area contributed by atoms with E-state index in [1.165, 1.54) is 11.8 Å². The van der Waals surface area contributed by atoms with Crippen molar-refractivity contribution in [1.29, 1.82) is 0 Å². The first kappa shape index (κ1) is 18.4. The zero-order valence-corrected chi connectivity index (χ0v) is 16.6. The fourth-order valence-electron chi connectivity index (χ4n) is 7.14. The first-order valence-corrected chi connectivity index (χ1v) is 10.6. The smallest absolute Gasteiger partial charge is 0.248 e. The van der Waals surface area contributed by atoms with Gasteiger partial charge in [-0.1, -0.05) is 31.6 Å². The number of halogens is 3. The van der Waals surface area contributed by atoms with Gasteiger partial charge in [-0.05, 0) is 72.5 Å². The number of aromatic nitrogens is 1. The van der Waals surface area contributed by atoms with E-state index in [0.717, 1.165) is 36.8 Å². The van der Waals surface area contributed by atoms with Crippen LogP contribution in [-0.4, -0.2) is 10.9 Å². The molecule has 3 fully saturated rings. The molecule has 28 heavy (non-hydrogen) atoms. The SMILES string of the molecule is CC12CCC3C(CCC4CC(F)(F)CCC43C)C1=CC=C2c1cncc(F)c1. The van der Waals surface area contributed by atoms with Gasteiger partial charge in [0, 0.05) is 24.5 Å². The van der Waals surface area contributed by atoms with Gasteiger partial charge in [-0.2, -0.15) is 0 Å². The van der Waals surface area contributed by atoms with E-state index in [-0.39, 0.29) is 35.4 Å². The van der Waals surface area contributed by atoms with Gasteiger partial charge in [0.2, 0.25) is 5.92 Å². The zero-order valence-electron chi connectivity index (χ0n) is 16.6. The lowest BCUT2D eigenvalue weighted by Gasteiger charge is -2.59. The van der Waals surface area contributed by atoms with Crippen molar-refractivity contribution < 1.29 is 13.2 Å². The standard InChI is InChI=1S/C24H28F3N/c1-22-9-10-24(26,27)12-16(22)3-4-18-20-6-5-19(15-11-17(25)14-28-13-15)23(20,2)8-7-21(18)22/h5-6,11,13-14,16,18,21H,3-4,7-10,12H2,1-2H3. The highest BCUT2D eigenvalue weighted by Crippen LogP contribution is 2.67. The topological polar surface area (TPSA) is 12.9 Å². The minimum atomic E-state index is -2.48. The van der Waals surface area contributed by atoms with Gasteiger partial charge in [0.1, 0.15) is 5.82 Å². The lowest BCUT2D eigenvalue weighted by atomic mass is 9.46. The third kappa shape index (κ3) is 2.55.